The summed E-state index contributed by atoms with van der Waals surface area (Å²) in [6, 6.07) is 4.17. The van der Waals surface area contributed by atoms with Gasteiger partial charge in [-0.2, -0.15) is 0 Å². The van der Waals surface area contributed by atoms with E-state index >= 15 is 0 Å². The van der Waals surface area contributed by atoms with Crippen molar-refractivity contribution in [3.8, 4) is 0 Å². The molecule has 3 atom stereocenters. The van der Waals surface area contributed by atoms with Crippen LogP contribution in [0.5, 0.6) is 0 Å². The van der Waals surface area contributed by atoms with Crippen LogP contribution in [0.4, 0.5) is 0 Å². The molecular formula is C18H19N3O4. The number of carbonyl (C=O) groups is 2. The van der Waals surface area contributed by atoms with E-state index < -0.39 is 23.5 Å². The molecule has 0 aromatic carbocycles. The Kier molecular flexibility index (Phi) is 3.78. The Labute approximate surface area is 143 Å². The van der Waals surface area contributed by atoms with Gasteiger partial charge in [0.25, 0.3) is 11.5 Å². The summed E-state index contributed by atoms with van der Waals surface area (Å²) >= 11 is 0. The largest absolute Gasteiger partial charge is 0.480 e. The Morgan fingerprint density at radius 3 is 2.80 bits per heavy atom. The fourth-order valence-corrected chi connectivity index (χ4v) is 4.29. The van der Waals surface area contributed by atoms with Gasteiger partial charge in [-0.3, -0.25) is 14.0 Å². The van der Waals surface area contributed by atoms with Crippen LogP contribution in [-0.4, -0.2) is 43.4 Å². The molecule has 2 fully saturated rings. The van der Waals surface area contributed by atoms with Crippen LogP contribution in [-0.2, 0) is 4.79 Å². The zero-order chi connectivity index (χ0) is 17.6. The third kappa shape index (κ3) is 2.50. The van der Waals surface area contributed by atoms with Gasteiger partial charge in [-0.05, 0) is 37.3 Å². The summed E-state index contributed by atoms with van der Waals surface area (Å²) in [5.74, 6) is -1.32. The van der Waals surface area contributed by atoms with Crippen LogP contribution in [0.3, 0.4) is 0 Å². The van der Waals surface area contributed by atoms with Crippen LogP contribution in [0.2, 0.25) is 0 Å². The van der Waals surface area contributed by atoms with Crippen molar-refractivity contribution in [1.82, 2.24) is 14.3 Å². The number of hydrogen-bond donors (Lipinski definition) is 1. The maximum absolute atomic E-state index is 13.1. The predicted octanol–water partition coefficient (Wildman–Crippen LogP) is 1.55. The molecule has 0 unspecified atom stereocenters. The van der Waals surface area contributed by atoms with E-state index in [1.165, 1.54) is 15.5 Å². The zero-order valence-corrected chi connectivity index (χ0v) is 13.7. The first-order valence-corrected chi connectivity index (χ1v) is 8.60. The molecule has 1 saturated carbocycles. The molecule has 3 heterocycles. The van der Waals surface area contributed by atoms with Gasteiger partial charge < -0.3 is 10.0 Å². The molecular weight excluding hydrogens is 322 g/mol. The highest BCUT2D eigenvalue weighted by molar-refractivity contribution is 5.97. The summed E-state index contributed by atoms with van der Waals surface area (Å²) in [6.07, 6.45) is 7.07. The fraction of sp³-hybridized carbons (Fsp3) is 0.444. The second kappa shape index (κ2) is 5.98. The molecule has 130 valence electrons. The monoisotopic (exact) mass is 341 g/mol. The lowest BCUT2D eigenvalue weighted by molar-refractivity contribution is -0.141. The fourth-order valence-electron chi connectivity index (χ4n) is 4.29. The molecule has 2 aromatic rings. The van der Waals surface area contributed by atoms with Crippen molar-refractivity contribution in [3.63, 3.8) is 0 Å². The van der Waals surface area contributed by atoms with Crippen LogP contribution in [0, 0.1) is 5.92 Å². The number of hydrogen-bond acceptors (Lipinski definition) is 4. The number of fused-ring (bicyclic) bond motifs is 2. The molecule has 1 amide bonds. The van der Waals surface area contributed by atoms with Gasteiger partial charge in [0, 0.05) is 18.4 Å². The summed E-state index contributed by atoms with van der Waals surface area (Å²) in [6.45, 7) is 0. The van der Waals surface area contributed by atoms with E-state index in [1.807, 2.05) is 0 Å². The molecule has 1 aliphatic carbocycles. The molecule has 1 saturated heterocycles. The van der Waals surface area contributed by atoms with Gasteiger partial charge in [-0.15, -0.1) is 0 Å². The van der Waals surface area contributed by atoms with Crippen LogP contribution < -0.4 is 5.56 Å². The third-order valence-corrected chi connectivity index (χ3v) is 5.45. The number of rotatable bonds is 2. The Bertz CT molecular complexity index is 907. The van der Waals surface area contributed by atoms with Crippen molar-refractivity contribution < 1.29 is 14.7 Å². The maximum atomic E-state index is 13.1. The molecule has 0 radical (unpaired) electrons. The quantitative estimate of drug-likeness (QED) is 0.895. The summed E-state index contributed by atoms with van der Waals surface area (Å²) in [5.41, 5.74) is -0.0732. The van der Waals surface area contributed by atoms with E-state index in [1.54, 1.807) is 24.4 Å². The third-order valence-electron chi connectivity index (χ3n) is 5.45. The average Bonchev–Trinajstić information content (AvgIpc) is 3.01. The summed E-state index contributed by atoms with van der Waals surface area (Å²) in [5, 5.41) is 9.57. The van der Waals surface area contributed by atoms with Crippen LogP contribution in [0.1, 0.15) is 42.5 Å². The lowest BCUT2D eigenvalue weighted by Crippen LogP contribution is -2.47. The molecule has 0 spiro atoms. The normalized spacial score (nSPS) is 25.8. The number of aromatic nitrogens is 2. The Balaban J connectivity index is 1.77. The van der Waals surface area contributed by atoms with E-state index in [9.17, 15) is 19.5 Å². The van der Waals surface area contributed by atoms with Crippen LogP contribution in [0.25, 0.3) is 5.65 Å². The van der Waals surface area contributed by atoms with E-state index in [2.05, 4.69) is 4.98 Å². The highest BCUT2D eigenvalue weighted by Crippen LogP contribution is 2.40. The molecule has 2 aliphatic rings. The topological polar surface area (TPSA) is 92.0 Å². The van der Waals surface area contributed by atoms with Crippen molar-refractivity contribution in [2.24, 2.45) is 5.92 Å². The molecule has 0 bridgehead atoms. The number of carboxylic acids is 1. The molecule has 2 aromatic heterocycles. The first-order chi connectivity index (χ1) is 12.1. The number of carbonyl (C=O) groups excluding carboxylic acids is 1. The van der Waals surface area contributed by atoms with E-state index in [0.29, 0.717) is 12.1 Å². The standard InChI is InChI=1S/C18H19N3O4/c22-16-12(10-19-15-7-3-4-8-20(15)16)17(23)21-13-6-2-1-5-11(13)9-14(21)18(24)25/h3-4,7-8,10-11,13-14H,1-2,5-6,9H2,(H,24,25)/t11-,13-,14-/m0/s1. The average molecular weight is 341 g/mol. The Morgan fingerprint density at radius 1 is 1.20 bits per heavy atom. The Hall–Kier alpha value is -2.70. The molecule has 1 aliphatic heterocycles. The molecule has 25 heavy (non-hydrogen) atoms. The van der Waals surface area contributed by atoms with Crippen LogP contribution >= 0.6 is 0 Å². The van der Waals surface area contributed by atoms with Crippen molar-refractivity contribution in [2.45, 2.75) is 44.2 Å². The number of nitrogens with zero attached hydrogens (tertiary/aromatic N) is 3. The van der Waals surface area contributed by atoms with E-state index in [4.69, 9.17) is 0 Å². The number of aliphatic carboxylic acids is 1. The lowest BCUT2D eigenvalue weighted by atomic mass is 9.84. The second-order valence-electron chi connectivity index (χ2n) is 6.82. The van der Waals surface area contributed by atoms with Crippen molar-refractivity contribution in [3.05, 3.63) is 46.5 Å². The van der Waals surface area contributed by atoms with Crippen molar-refractivity contribution in [2.75, 3.05) is 0 Å². The summed E-state index contributed by atoms with van der Waals surface area (Å²) in [7, 11) is 0. The van der Waals surface area contributed by atoms with Gasteiger partial charge in [0.2, 0.25) is 0 Å². The SMILES string of the molecule is O=C(O)[C@@H]1C[C@@H]2CCCC[C@@H]2N1C(=O)c1cnc2ccccn2c1=O. The molecule has 4 rings (SSSR count). The van der Waals surface area contributed by atoms with E-state index in [-0.39, 0.29) is 17.5 Å². The predicted molar refractivity (Wildman–Crippen MR) is 89.4 cm³/mol. The number of pyridine rings is 1. The Morgan fingerprint density at radius 2 is 2.00 bits per heavy atom. The van der Waals surface area contributed by atoms with Gasteiger partial charge in [-0.1, -0.05) is 18.9 Å². The number of carboxylic acid groups (broad SMARTS) is 1. The first kappa shape index (κ1) is 15.8. The van der Waals surface area contributed by atoms with Gasteiger partial charge in [0.15, 0.2) is 0 Å². The highest BCUT2D eigenvalue weighted by Gasteiger charge is 2.48. The van der Waals surface area contributed by atoms with Crippen molar-refractivity contribution >= 4 is 17.5 Å². The minimum Gasteiger partial charge on any atom is -0.480 e. The maximum Gasteiger partial charge on any atom is 0.326 e. The number of likely N-dealkylation sites (tertiary alicyclic amines) is 1. The summed E-state index contributed by atoms with van der Waals surface area (Å²) < 4.78 is 1.32. The second-order valence-corrected chi connectivity index (χ2v) is 6.82. The zero-order valence-electron chi connectivity index (χ0n) is 13.7. The minimum atomic E-state index is -1.00. The van der Waals surface area contributed by atoms with Crippen molar-refractivity contribution in [1.29, 1.82) is 0 Å². The van der Waals surface area contributed by atoms with E-state index in [0.717, 1.165) is 25.7 Å². The highest BCUT2D eigenvalue weighted by atomic mass is 16.4. The van der Waals surface area contributed by atoms with Gasteiger partial charge in [-0.25, -0.2) is 9.78 Å². The van der Waals surface area contributed by atoms with Gasteiger partial charge in [0.1, 0.15) is 17.3 Å². The molecule has 7 heteroatoms. The lowest BCUT2D eigenvalue weighted by Gasteiger charge is -2.32. The summed E-state index contributed by atoms with van der Waals surface area (Å²) in [4.78, 5) is 43.1. The van der Waals surface area contributed by atoms with Gasteiger partial charge >= 0.3 is 5.97 Å². The smallest absolute Gasteiger partial charge is 0.326 e. The molecule has 7 nitrogen and oxygen atoms in total. The van der Waals surface area contributed by atoms with Crippen LogP contribution in [0.15, 0.2) is 35.4 Å². The van der Waals surface area contributed by atoms with Gasteiger partial charge in [0.05, 0.1) is 0 Å². The molecule has 1 N–H and O–H groups in total. The first-order valence-electron chi connectivity index (χ1n) is 8.60. The minimum absolute atomic E-state index is 0.0684. The number of amides is 1.